The molecule has 3 aliphatic heterocycles. The number of para-hydroxylation sites is 1. The number of pyridine rings is 1. The first-order valence-electron chi connectivity index (χ1n) is 9.14. The summed E-state index contributed by atoms with van der Waals surface area (Å²) in [5, 5.41) is 13.8. The van der Waals surface area contributed by atoms with Crippen LogP contribution in [-0.4, -0.2) is 40.0 Å². The van der Waals surface area contributed by atoms with Crippen molar-refractivity contribution in [3.63, 3.8) is 0 Å². The fourth-order valence-corrected chi connectivity index (χ4v) is 4.37. The summed E-state index contributed by atoms with van der Waals surface area (Å²) in [6.07, 6.45) is 4.37. The van der Waals surface area contributed by atoms with Crippen LogP contribution in [0, 0.1) is 22.0 Å². The highest BCUT2D eigenvalue weighted by Gasteiger charge is 2.67. The highest BCUT2D eigenvalue weighted by atomic mass is 16.6. The normalized spacial score (nSPS) is 29.4. The van der Waals surface area contributed by atoms with Gasteiger partial charge in [0.25, 0.3) is 5.69 Å². The maximum atomic E-state index is 13.2. The van der Waals surface area contributed by atoms with Crippen molar-refractivity contribution in [1.29, 1.82) is 0 Å². The standard InChI is InChI=1S/C20H16N4O5/c25-18-16-14-8-9-20(29-14,11-22-15-7-6-13(10-21-15)24(27)28)17(16)19(26)23(18)12-4-2-1-3-5-12/h1-10,14,16-17H,11H2,(H,21,22)/t14-,16+,17+,20+/m1/s1. The van der Waals surface area contributed by atoms with E-state index in [1.165, 1.54) is 17.0 Å². The van der Waals surface area contributed by atoms with Crippen molar-refractivity contribution in [1.82, 2.24) is 4.98 Å². The predicted octanol–water partition coefficient (Wildman–Crippen LogP) is 1.91. The van der Waals surface area contributed by atoms with Crippen molar-refractivity contribution >= 4 is 29.0 Å². The van der Waals surface area contributed by atoms with Crippen LogP contribution in [-0.2, 0) is 14.3 Å². The number of aromatic nitrogens is 1. The molecule has 5 rings (SSSR count). The number of nitrogens with zero attached hydrogens (tertiary/aromatic N) is 3. The third-order valence-corrected chi connectivity index (χ3v) is 5.67. The Morgan fingerprint density at radius 2 is 1.97 bits per heavy atom. The maximum Gasteiger partial charge on any atom is 0.287 e. The van der Waals surface area contributed by atoms with Gasteiger partial charge in [0.2, 0.25) is 11.8 Å². The van der Waals surface area contributed by atoms with E-state index >= 15 is 0 Å². The van der Waals surface area contributed by atoms with Gasteiger partial charge < -0.3 is 10.1 Å². The second kappa shape index (κ2) is 6.21. The Bertz CT molecular complexity index is 1040. The van der Waals surface area contributed by atoms with Crippen LogP contribution in [0.1, 0.15) is 0 Å². The summed E-state index contributed by atoms with van der Waals surface area (Å²) in [6, 6.07) is 11.7. The van der Waals surface area contributed by atoms with Gasteiger partial charge in [-0.3, -0.25) is 19.7 Å². The topological polar surface area (TPSA) is 115 Å². The van der Waals surface area contributed by atoms with Crippen molar-refractivity contribution in [3.05, 3.63) is 70.9 Å². The molecular weight excluding hydrogens is 376 g/mol. The highest BCUT2D eigenvalue weighted by Crippen LogP contribution is 2.52. The molecule has 2 bridgehead atoms. The summed E-state index contributed by atoms with van der Waals surface area (Å²) in [4.78, 5) is 41.7. The molecular formula is C20H16N4O5. The zero-order chi connectivity index (χ0) is 20.2. The number of carbonyl (C=O) groups excluding carboxylic acids is 2. The minimum absolute atomic E-state index is 0.109. The number of amides is 2. The molecule has 2 aromatic rings. The molecule has 1 N–H and O–H groups in total. The molecule has 146 valence electrons. The number of benzene rings is 1. The molecule has 4 atom stereocenters. The fourth-order valence-electron chi connectivity index (χ4n) is 4.37. The van der Waals surface area contributed by atoms with Crippen molar-refractivity contribution < 1.29 is 19.2 Å². The summed E-state index contributed by atoms with van der Waals surface area (Å²) in [5.41, 5.74) is -0.520. The molecule has 0 aliphatic carbocycles. The smallest absolute Gasteiger partial charge is 0.287 e. The Morgan fingerprint density at radius 1 is 1.17 bits per heavy atom. The summed E-state index contributed by atoms with van der Waals surface area (Å²) >= 11 is 0. The molecule has 0 spiro atoms. The molecule has 0 radical (unpaired) electrons. The van der Waals surface area contributed by atoms with Gasteiger partial charge in [-0.05, 0) is 18.2 Å². The van der Waals surface area contributed by atoms with E-state index in [0.29, 0.717) is 11.5 Å². The number of anilines is 2. The average Bonchev–Trinajstić information content (AvgIpc) is 3.38. The van der Waals surface area contributed by atoms with E-state index in [2.05, 4.69) is 10.3 Å². The second-order valence-corrected chi connectivity index (χ2v) is 7.26. The van der Waals surface area contributed by atoms with E-state index in [-0.39, 0.29) is 24.0 Å². The summed E-state index contributed by atoms with van der Waals surface area (Å²) in [5.74, 6) is -1.30. The van der Waals surface area contributed by atoms with Gasteiger partial charge in [0.05, 0.1) is 28.6 Å². The SMILES string of the molecule is O=C1[C@@H]2[C@@H](C(=O)N1c1ccccc1)[C@@]1(CNc3ccc([N+](=O)[O-])cn3)C=C[C@H]2O1. The zero-order valence-corrected chi connectivity index (χ0v) is 15.1. The van der Waals surface area contributed by atoms with Crippen molar-refractivity contribution in [2.24, 2.45) is 11.8 Å². The molecule has 1 aromatic heterocycles. The van der Waals surface area contributed by atoms with Crippen LogP contribution in [0.2, 0.25) is 0 Å². The third-order valence-electron chi connectivity index (χ3n) is 5.67. The Morgan fingerprint density at radius 3 is 2.66 bits per heavy atom. The number of rotatable bonds is 5. The van der Waals surface area contributed by atoms with Crippen LogP contribution in [0.4, 0.5) is 17.2 Å². The van der Waals surface area contributed by atoms with Gasteiger partial charge in [-0.25, -0.2) is 9.88 Å². The largest absolute Gasteiger partial charge is 0.367 e. The van der Waals surface area contributed by atoms with E-state index in [1.807, 2.05) is 18.2 Å². The zero-order valence-electron chi connectivity index (χ0n) is 15.1. The summed E-state index contributed by atoms with van der Waals surface area (Å²) in [6.45, 7) is 0.216. The molecule has 1 aromatic carbocycles. The van der Waals surface area contributed by atoms with Gasteiger partial charge in [-0.1, -0.05) is 30.4 Å². The third kappa shape index (κ3) is 2.54. The first kappa shape index (κ1) is 17.5. The molecule has 2 fully saturated rings. The molecule has 0 saturated carbocycles. The number of ether oxygens (including phenoxy) is 1. The Labute approximate surface area is 165 Å². The number of hydrogen-bond acceptors (Lipinski definition) is 7. The van der Waals surface area contributed by atoms with Crippen LogP contribution < -0.4 is 10.2 Å². The number of nitrogens with one attached hydrogen (secondary N) is 1. The van der Waals surface area contributed by atoms with E-state index in [9.17, 15) is 19.7 Å². The molecule has 9 nitrogen and oxygen atoms in total. The lowest BCUT2D eigenvalue weighted by molar-refractivity contribution is -0.385. The first-order valence-corrected chi connectivity index (χ1v) is 9.14. The molecule has 0 unspecified atom stereocenters. The van der Waals surface area contributed by atoms with Gasteiger partial charge in [-0.2, -0.15) is 0 Å². The molecule has 4 heterocycles. The van der Waals surface area contributed by atoms with Crippen molar-refractivity contribution in [2.45, 2.75) is 11.7 Å². The van der Waals surface area contributed by atoms with E-state index in [0.717, 1.165) is 6.20 Å². The van der Waals surface area contributed by atoms with E-state index < -0.39 is 28.5 Å². The van der Waals surface area contributed by atoms with Crippen molar-refractivity contribution in [3.8, 4) is 0 Å². The van der Waals surface area contributed by atoms with Crippen LogP contribution >= 0.6 is 0 Å². The summed E-state index contributed by atoms with van der Waals surface area (Å²) < 4.78 is 6.06. The lowest BCUT2D eigenvalue weighted by Gasteiger charge is -2.29. The quantitative estimate of drug-likeness (QED) is 0.358. The van der Waals surface area contributed by atoms with Gasteiger partial charge in [0.1, 0.15) is 17.6 Å². The highest BCUT2D eigenvalue weighted by molar-refractivity contribution is 6.23. The van der Waals surface area contributed by atoms with Crippen LogP contribution in [0.5, 0.6) is 0 Å². The molecule has 9 heteroatoms. The lowest BCUT2D eigenvalue weighted by Crippen LogP contribution is -2.45. The number of fused-ring (bicyclic) bond motifs is 5. The van der Waals surface area contributed by atoms with E-state index in [4.69, 9.17) is 4.74 Å². The number of nitro groups is 1. The monoisotopic (exact) mass is 392 g/mol. The Kier molecular flexibility index (Phi) is 3.75. The minimum atomic E-state index is -0.963. The number of carbonyl (C=O) groups is 2. The maximum absolute atomic E-state index is 13.2. The number of imide groups is 1. The predicted molar refractivity (Wildman–Crippen MR) is 102 cm³/mol. The molecule has 2 amide bonds. The van der Waals surface area contributed by atoms with Gasteiger partial charge >= 0.3 is 0 Å². The van der Waals surface area contributed by atoms with Crippen LogP contribution in [0.25, 0.3) is 0 Å². The summed E-state index contributed by atoms with van der Waals surface area (Å²) in [7, 11) is 0. The molecule has 2 saturated heterocycles. The average molecular weight is 392 g/mol. The van der Waals surface area contributed by atoms with Gasteiger partial charge in [0.15, 0.2) is 0 Å². The van der Waals surface area contributed by atoms with Gasteiger partial charge in [-0.15, -0.1) is 0 Å². The van der Waals surface area contributed by atoms with Crippen LogP contribution in [0.3, 0.4) is 0 Å². The number of hydrogen-bond donors (Lipinski definition) is 1. The fraction of sp³-hybridized carbons (Fsp3) is 0.250. The van der Waals surface area contributed by atoms with Gasteiger partial charge in [0, 0.05) is 12.6 Å². The molecule has 29 heavy (non-hydrogen) atoms. The van der Waals surface area contributed by atoms with Crippen molar-refractivity contribution in [2.75, 3.05) is 16.8 Å². The Balaban J connectivity index is 1.40. The lowest BCUT2D eigenvalue weighted by atomic mass is 9.77. The molecule has 3 aliphatic rings. The Hall–Kier alpha value is -3.59. The minimum Gasteiger partial charge on any atom is -0.367 e. The van der Waals surface area contributed by atoms with E-state index in [1.54, 1.807) is 24.3 Å². The first-order chi connectivity index (χ1) is 14.0. The van der Waals surface area contributed by atoms with Crippen LogP contribution in [0.15, 0.2) is 60.8 Å². The second-order valence-electron chi connectivity index (χ2n) is 7.26.